The van der Waals surface area contributed by atoms with Crippen LogP contribution < -0.4 is 20.7 Å². The minimum Gasteiger partial charge on any atom is -0.309 e. The second kappa shape index (κ2) is 11.0. The van der Waals surface area contributed by atoms with Gasteiger partial charge in [-0.1, -0.05) is 152 Å². The number of rotatable bonds is 4. The largest absolute Gasteiger partial charge is 0.309 e. The SMILES string of the molecule is c1ccc(-n2c3ccccc3c3cc(-c4ccc5c(c4)-c4ccccc4[Si]5(c4ccccc4)c4ccccc4)c4sc5ccccc5c4c32)cc1. The zero-order valence-corrected chi connectivity index (χ0v) is 29.6. The molecule has 3 heteroatoms. The van der Waals surface area contributed by atoms with E-state index < -0.39 is 8.07 Å². The Hall–Kier alpha value is -6.00. The molecule has 0 radical (unpaired) electrons. The molecule has 0 saturated carbocycles. The van der Waals surface area contributed by atoms with Gasteiger partial charge in [-0.25, -0.2) is 0 Å². The maximum Gasteiger partial charge on any atom is 0.180 e. The lowest BCUT2D eigenvalue weighted by Gasteiger charge is -2.31. The third-order valence-electron chi connectivity index (χ3n) is 11.1. The first-order chi connectivity index (χ1) is 25.3. The van der Waals surface area contributed by atoms with E-state index in [4.69, 9.17) is 0 Å². The molecule has 0 aliphatic carbocycles. The normalized spacial score (nSPS) is 13.3. The van der Waals surface area contributed by atoms with Crippen molar-refractivity contribution in [1.29, 1.82) is 0 Å². The fraction of sp³-hybridized carbons (Fsp3) is 0. The van der Waals surface area contributed by atoms with Gasteiger partial charge in [0.1, 0.15) is 0 Å². The molecule has 51 heavy (non-hydrogen) atoms. The fourth-order valence-electron chi connectivity index (χ4n) is 9.01. The molecule has 1 aliphatic heterocycles. The Kier molecular flexibility index (Phi) is 6.21. The van der Waals surface area contributed by atoms with Gasteiger partial charge in [0.15, 0.2) is 8.07 Å². The van der Waals surface area contributed by atoms with Crippen LogP contribution in [0.2, 0.25) is 0 Å². The summed E-state index contributed by atoms with van der Waals surface area (Å²) in [6.07, 6.45) is 0. The van der Waals surface area contributed by atoms with Crippen molar-refractivity contribution in [3.63, 3.8) is 0 Å². The molecule has 0 bridgehead atoms. The summed E-state index contributed by atoms with van der Waals surface area (Å²) in [5.41, 5.74) is 9.00. The summed E-state index contributed by atoms with van der Waals surface area (Å²) in [5.74, 6) is 0. The van der Waals surface area contributed by atoms with Crippen LogP contribution in [0.5, 0.6) is 0 Å². The molecule has 11 rings (SSSR count). The molecule has 0 saturated heterocycles. The summed E-state index contributed by atoms with van der Waals surface area (Å²) in [5, 5.41) is 11.0. The van der Waals surface area contributed by atoms with Crippen LogP contribution in [0.15, 0.2) is 188 Å². The van der Waals surface area contributed by atoms with Gasteiger partial charge in [0.2, 0.25) is 0 Å². The minimum atomic E-state index is -2.54. The van der Waals surface area contributed by atoms with Gasteiger partial charge in [-0.05, 0) is 73.8 Å². The summed E-state index contributed by atoms with van der Waals surface area (Å²) >= 11 is 1.92. The van der Waals surface area contributed by atoms with Crippen molar-refractivity contribution in [1.82, 2.24) is 4.57 Å². The number of hydrogen-bond acceptors (Lipinski definition) is 1. The van der Waals surface area contributed by atoms with Crippen molar-refractivity contribution in [3.8, 4) is 27.9 Å². The zero-order valence-electron chi connectivity index (χ0n) is 27.8. The second-order valence-corrected chi connectivity index (χ2v) is 18.4. The van der Waals surface area contributed by atoms with E-state index in [2.05, 4.69) is 193 Å². The lowest BCUT2D eigenvalue weighted by Crippen LogP contribution is -2.72. The van der Waals surface area contributed by atoms with Crippen LogP contribution in [0.25, 0.3) is 69.9 Å². The van der Waals surface area contributed by atoms with E-state index >= 15 is 0 Å². The van der Waals surface area contributed by atoms with Crippen molar-refractivity contribution in [3.05, 3.63) is 188 Å². The van der Waals surface area contributed by atoms with E-state index in [-0.39, 0.29) is 0 Å². The highest BCUT2D eigenvalue weighted by molar-refractivity contribution is 7.26. The van der Waals surface area contributed by atoms with Crippen molar-refractivity contribution in [2.24, 2.45) is 0 Å². The second-order valence-electron chi connectivity index (χ2n) is 13.6. The Morgan fingerprint density at radius 3 is 1.80 bits per heavy atom. The highest BCUT2D eigenvalue weighted by Crippen LogP contribution is 2.48. The molecule has 0 N–H and O–H groups in total. The average Bonchev–Trinajstić information content (AvgIpc) is 3.85. The summed E-state index contributed by atoms with van der Waals surface area (Å²) in [6.45, 7) is 0. The zero-order chi connectivity index (χ0) is 33.5. The lowest BCUT2D eigenvalue weighted by atomic mass is 9.96. The van der Waals surface area contributed by atoms with E-state index in [1.165, 1.54) is 90.7 Å². The van der Waals surface area contributed by atoms with Crippen molar-refractivity contribution in [2.45, 2.75) is 0 Å². The van der Waals surface area contributed by atoms with Crippen LogP contribution in [0.3, 0.4) is 0 Å². The van der Waals surface area contributed by atoms with E-state index in [1.54, 1.807) is 0 Å². The van der Waals surface area contributed by atoms with Gasteiger partial charge in [0.05, 0.1) is 11.0 Å². The first-order valence-electron chi connectivity index (χ1n) is 17.6. The van der Waals surface area contributed by atoms with Gasteiger partial charge in [-0.3, -0.25) is 0 Å². The third-order valence-corrected chi connectivity index (χ3v) is 17.2. The van der Waals surface area contributed by atoms with Gasteiger partial charge in [0.25, 0.3) is 0 Å². The Morgan fingerprint density at radius 1 is 0.431 bits per heavy atom. The molecular formula is C48H31NSSi. The van der Waals surface area contributed by atoms with Crippen LogP contribution in [0.4, 0.5) is 0 Å². The van der Waals surface area contributed by atoms with Crippen molar-refractivity contribution in [2.75, 3.05) is 0 Å². The molecule has 1 aliphatic rings. The molecule has 0 amide bonds. The van der Waals surface area contributed by atoms with Crippen LogP contribution in [0, 0.1) is 0 Å². The minimum absolute atomic E-state index is 1.19. The molecule has 1 nitrogen and oxygen atoms in total. The van der Waals surface area contributed by atoms with Crippen molar-refractivity contribution >= 4 is 82.1 Å². The highest BCUT2D eigenvalue weighted by atomic mass is 32.1. The van der Waals surface area contributed by atoms with Crippen LogP contribution in [-0.4, -0.2) is 12.6 Å². The molecule has 10 aromatic rings. The summed E-state index contributed by atoms with van der Waals surface area (Å²) in [7, 11) is -2.54. The van der Waals surface area contributed by atoms with E-state index in [0.29, 0.717) is 0 Å². The van der Waals surface area contributed by atoms with E-state index in [9.17, 15) is 0 Å². The van der Waals surface area contributed by atoms with E-state index in [1.807, 2.05) is 11.3 Å². The molecule has 3 heterocycles. The number of para-hydroxylation sites is 2. The Bertz CT molecular complexity index is 2920. The lowest BCUT2D eigenvalue weighted by molar-refractivity contribution is 1.19. The number of fused-ring (bicyclic) bond motifs is 10. The summed E-state index contributed by atoms with van der Waals surface area (Å²) in [6, 6.07) is 70.3. The first-order valence-corrected chi connectivity index (χ1v) is 20.4. The Balaban J connectivity index is 1.25. The summed E-state index contributed by atoms with van der Waals surface area (Å²) in [4.78, 5) is 0. The maximum atomic E-state index is 2.51. The Morgan fingerprint density at radius 2 is 1.04 bits per heavy atom. The highest BCUT2D eigenvalue weighted by Gasteiger charge is 2.48. The number of thiophene rings is 1. The number of hydrogen-bond donors (Lipinski definition) is 0. The predicted molar refractivity (Wildman–Crippen MR) is 222 cm³/mol. The monoisotopic (exact) mass is 681 g/mol. The standard InChI is InChI=1S/C48H31NSSi/c1-4-16-33(17-5-1)49-42-25-13-10-22-36(42)41-31-39(48-46(47(41)49)38-24-11-14-26-43(38)50-48)32-28-29-45-40(30-32)37-23-12-15-27-44(37)51(45,34-18-6-2-7-19-34)35-20-8-3-9-21-35/h1-31H. The first kappa shape index (κ1) is 28.8. The molecule has 0 spiro atoms. The summed E-state index contributed by atoms with van der Waals surface area (Å²) < 4.78 is 5.14. The smallest absolute Gasteiger partial charge is 0.180 e. The van der Waals surface area contributed by atoms with Crippen LogP contribution >= 0.6 is 11.3 Å². The van der Waals surface area contributed by atoms with Gasteiger partial charge in [0, 0.05) is 42.2 Å². The molecular weight excluding hydrogens is 651 g/mol. The van der Waals surface area contributed by atoms with Crippen molar-refractivity contribution < 1.29 is 0 Å². The van der Waals surface area contributed by atoms with Gasteiger partial charge >= 0.3 is 0 Å². The maximum absolute atomic E-state index is 2.54. The number of nitrogens with zero attached hydrogens (tertiary/aromatic N) is 1. The number of benzene rings is 8. The third kappa shape index (κ3) is 3.96. The van der Waals surface area contributed by atoms with Gasteiger partial charge in [-0.15, -0.1) is 11.3 Å². The van der Waals surface area contributed by atoms with E-state index in [0.717, 1.165) is 0 Å². The molecule has 0 fully saturated rings. The average molecular weight is 682 g/mol. The molecule has 0 atom stereocenters. The fourth-order valence-corrected chi connectivity index (χ4v) is 15.4. The predicted octanol–water partition coefficient (Wildman–Crippen LogP) is 10.2. The van der Waals surface area contributed by atoms with Crippen LogP contribution in [0.1, 0.15) is 0 Å². The molecule has 0 unspecified atom stereocenters. The molecule has 8 aromatic carbocycles. The molecule has 238 valence electrons. The quantitative estimate of drug-likeness (QED) is 0.163. The number of aromatic nitrogens is 1. The van der Waals surface area contributed by atoms with Crippen LogP contribution in [-0.2, 0) is 0 Å². The Labute approximate surface area is 301 Å². The molecule has 2 aromatic heterocycles. The van der Waals surface area contributed by atoms with Gasteiger partial charge < -0.3 is 4.57 Å². The van der Waals surface area contributed by atoms with Gasteiger partial charge in [-0.2, -0.15) is 0 Å². The topological polar surface area (TPSA) is 4.93 Å².